The zero-order valence-electron chi connectivity index (χ0n) is 22.8. The molecule has 2 aromatic rings. The van der Waals surface area contributed by atoms with Crippen LogP contribution in [-0.4, -0.2) is 69.1 Å². The second-order valence-electron chi connectivity index (χ2n) is 11.3. The van der Waals surface area contributed by atoms with Gasteiger partial charge in [0.15, 0.2) is 0 Å². The highest BCUT2D eigenvalue weighted by Gasteiger charge is 2.74. The van der Waals surface area contributed by atoms with E-state index in [1.807, 2.05) is 55.5 Å². The lowest BCUT2D eigenvalue weighted by atomic mass is 9.74. The van der Waals surface area contributed by atoms with Crippen LogP contribution in [0.15, 0.2) is 78.9 Å². The second kappa shape index (κ2) is 11.0. The lowest BCUT2D eigenvalue weighted by Gasteiger charge is -2.39. The Morgan fingerprint density at radius 3 is 2.51 bits per heavy atom. The number of rotatable bonds is 5. The Kier molecular flexibility index (Phi) is 7.51. The Balaban J connectivity index is 1.50. The Bertz CT molecular complexity index is 1400. The van der Waals surface area contributed by atoms with Gasteiger partial charge in [-0.2, -0.15) is 0 Å². The summed E-state index contributed by atoms with van der Waals surface area (Å²) in [5, 5.41) is 11.2. The van der Waals surface area contributed by atoms with Gasteiger partial charge in [-0.25, -0.2) is 0 Å². The number of fused-ring (bicyclic) bond motifs is 2. The Morgan fingerprint density at radius 2 is 1.78 bits per heavy atom. The van der Waals surface area contributed by atoms with Gasteiger partial charge in [-0.15, -0.1) is 11.8 Å². The molecule has 2 amide bonds. The highest BCUT2D eigenvalue weighted by Crippen LogP contribution is 2.65. The molecule has 6 rings (SSSR count). The molecule has 0 bridgehead atoms. The van der Waals surface area contributed by atoms with Crippen molar-refractivity contribution in [2.45, 2.75) is 47.8 Å². The predicted octanol–water partition coefficient (Wildman–Crippen LogP) is 4.43. The molecule has 1 unspecified atom stereocenters. The number of amides is 2. The van der Waals surface area contributed by atoms with Crippen LogP contribution in [0.5, 0.6) is 0 Å². The van der Waals surface area contributed by atoms with E-state index >= 15 is 0 Å². The maximum Gasteiger partial charge on any atom is 0.311 e. The maximum atomic E-state index is 14.7. The molecule has 4 heterocycles. The van der Waals surface area contributed by atoms with E-state index in [4.69, 9.17) is 16.3 Å². The summed E-state index contributed by atoms with van der Waals surface area (Å²) in [5.41, 5.74) is 1.61. The van der Waals surface area contributed by atoms with Gasteiger partial charge in [0.25, 0.3) is 5.91 Å². The van der Waals surface area contributed by atoms with Crippen LogP contribution in [0.2, 0.25) is 5.02 Å². The summed E-state index contributed by atoms with van der Waals surface area (Å²) in [6, 6.07) is 15.1. The average Bonchev–Trinajstić information content (AvgIpc) is 3.32. The molecule has 41 heavy (non-hydrogen) atoms. The van der Waals surface area contributed by atoms with Gasteiger partial charge in [-0.3, -0.25) is 14.4 Å². The number of hydrogen-bond acceptors (Lipinski definition) is 6. The third-order valence-electron chi connectivity index (χ3n) is 8.74. The zero-order chi connectivity index (χ0) is 28.8. The standard InChI is InChI=1S/C32H33ClN2O5S/c1-31-15-6-3-7-18-40-30(39)26(31)25-28(37)35(24(20-36)19-21-9-4-2-5-10-21)27-29(38)34(17-8-16-32(25,27)41-31)23-13-11-22(33)12-14-23/h2,4-6,8-16,24-27,36H,3,7,17-20H2,1H3/b15-6-/t24-,25+,26-,27?,31+,32+/m1/s1. The van der Waals surface area contributed by atoms with Crippen LogP contribution in [0.3, 0.4) is 0 Å². The van der Waals surface area contributed by atoms with E-state index in [-0.39, 0.29) is 25.0 Å². The van der Waals surface area contributed by atoms with Gasteiger partial charge in [0.1, 0.15) is 6.04 Å². The molecule has 1 spiro atoms. The molecule has 0 radical (unpaired) electrons. The zero-order valence-corrected chi connectivity index (χ0v) is 24.4. The first kappa shape index (κ1) is 28.1. The normalized spacial score (nSPS) is 32.7. The van der Waals surface area contributed by atoms with Gasteiger partial charge in [0, 0.05) is 22.0 Å². The monoisotopic (exact) mass is 592 g/mol. The van der Waals surface area contributed by atoms with E-state index < -0.39 is 39.4 Å². The van der Waals surface area contributed by atoms with Crippen molar-refractivity contribution in [1.29, 1.82) is 0 Å². The first-order valence-corrected chi connectivity index (χ1v) is 15.2. The largest absolute Gasteiger partial charge is 0.465 e. The number of aliphatic hydroxyl groups is 1. The number of hydrogen-bond donors (Lipinski definition) is 1. The van der Waals surface area contributed by atoms with E-state index in [1.165, 1.54) is 11.8 Å². The molecule has 6 atom stereocenters. The Labute approximate surface area is 249 Å². The average molecular weight is 593 g/mol. The molecule has 4 aliphatic rings. The maximum absolute atomic E-state index is 14.7. The van der Waals surface area contributed by atoms with Crippen molar-refractivity contribution >= 4 is 46.8 Å². The van der Waals surface area contributed by atoms with E-state index in [0.29, 0.717) is 30.1 Å². The summed E-state index contributed by atoms with van der Waals surface area (Å²) in [4.78, 5) is 46.3. The minimum atomic E-state index is -1.03. The fourth-order valence-corrected chi connectivity index (χ4v) is 9.22. The third kappa shape index (κ3) is 4.70. The first-order valence-electron chi connectivity index (χ1n) is 14.1. The van der Waals surface area contributed by atoms with Crippen LogP contribution >= 0.6 is 23.4 Å². The number of ether oxygens (including phenoxy) is 1. The van der Waals surface area contributed by atoms with Gasteiger partial charge >= 0.3 is 5.97 Å². The van der Waals surface area contributed by atoms with Gasteiger partial charge in [-0.05, 0) is 56.0 Å². The summed E-state index contributed by atoms with van der Waals surface area (Å²) in [7, 11) is 0. The van der Waals surface area contributed by atoms with Crippen LogP contribution in [-0.2, 0) is 25.5 Å². The topological polar surface area (TPSA) is 87.1 Å². The van der Waals surface area contributed by atoms with Crippen molar-refractivity contribution < 1.29 is 24.2 Å². The Morgan fingerprint density at radius 1 is 1.02 bits per heavy atom. The van der Waals surface area contributed by atoms with Crippen LogP contribution in [0.4, 0.5) is 5.69 Å². The molecule has 4 aliphatic heterocycles. The summed E-state index contributed by atoms with van der Waals surface area (Å²) in [5.74, 6) is -2.57. The quantitative estimate of drug-likeness (QED) is 0.408. The number of aliphatic hydroxyl groups excluding tert-OH is 1. The number of benzene rings is 2. The van der Waals surface area contributed by atoms with E-state index in [0.717, 1.165) is 12.0 Å². The van der Waals surface area contributed by atoms with Crippen LogP contribution in [0.25, 0.3) is 0 Å². The fraction of sp³-hybridized carbons (Fsp3) is 0.406. The predicted molar refractivity (Wildman–Crippen MR) is 160 cm³/mol. The number of esters is 1. The highest BCUT2D eigenvalue weighted by molar-refractivity contribution is 8.02. The molecule has 0 aromatic heterocycles. The molecular weight excluding hydrogens is 560 g/mol. The molecule has 7 nitrogen and oxygen atoms in total. The number of nitrogens with zero attached hydrogens (tertiary/aromatic N) is 2. The molecule has 2 aromatic carbocycles. The minimum absolute atomic E-state index is 0.250. The van der Waals surface area contributed by atoms with Crippen LogP contribution in [0, 0.1) is 11.8 Å². The summed E-state index contributed by atoms with van der Waals surface area (Å²) in [6.45, 7) is 2.24. The summed E-state index contributed by atoms with van der Waals surface area (Å²) < 4.78 is 3.93. The lowest BCUT2D eigenvalue weighted by Crippen LogP contribution is -2.57. The second-order valence-corrected chi connectivity index (χ2v) is 13.5. The number of likely N-dealkylation sites (tertiary alicyclic amines) is 1. The lowest BCUT2D eigenvalue weighted by molar-refractivity contribution is -0.154. The molecule has 1 N–H and O–H groups in total. The number of anilines is 1. The van der Waals surface area contributed by atoms with E-state index in [2.05, 4.69) is 6.08 Å². The molecular formula is C32H33ClN2O5S. The van der Waals surface area contributed by atoms with Gasteiger partial charge in [-0.1, -0.05) is 66.2 Å². The van der Waals surface area contributed by atoms with Gasteiger partial charge < -0.3 is 19.6 Å². The molecule has 2 saturated heterocycles. The number of thioether (sulfide) groups is 1. The van der Waals surface area contributed by atoms with E-state index in [9.17, 15) is 19.5 Å². The Hall–Kier alpha value is -3.07. The molecule has 0 aliphatic carbocycles. The summed E-state index contributed by atoms with van der Waals surface area (Å²) >= 11 is 7.65. The van der Waals surface area contributed by atoms with Crippen molar-refractivity contribution in [3.63, 3.8) is 0 Å². The molecule has 2 fully saturated rings. The van der Waals surface area contributed by atoms with Crippen molar-refractivity contribution in [3.8, 4) is 0 Å². The van der Waals surface area contributed by atoms with Crippen LogP contribution < -0.4 is 4.90 Å². The van der Waals surface area contributed by atoms with Crippen molar-refractivity contribution in [3.05, 3.63) is 89.5 Å². The number of allylic oxidation sites excluding steroid dienone is 1. The number of carbonyl (C=O) groups excluding carboxylic acids is 3. The highest BCUT2D eigenvalue weighted by atomic mass is 35.5. The molecule has 0 saturated carbocycles. The number of carbonyl (C=O) groups is 3. The number of cyclic esters (lactones) is 1. The van der Waals surface area contributed by atoms with E-state index in [1.54, 1.807) is 34.1 Å². The first-order chi connectivity index (χ1) is 19.8. The van der Waals surface area contributed by atoms with Crippen molar-refractivity contribution in [2.24, 2.45) is 11.8 Å². The van der Waals surface area contributed by atoms with Crippen molar-refractivity contribution in [2.75, 3.05) is 24.7 Å². The van der Waals surface area contributed by atoms with Crippen molar-refractivity contribution in [1.82, 2.24) is 4.90 Å². The van der Waals surface area contributed by atoms with Crippen LogP contribution in [0.1, 0.15) is 25.3 Å². The minimum Gasteiger partial charge on any atom is -0.465 e. The SMILES string of the molecule is C[C@]12/C=C\CCCOC(=O)[C@H]1[C@H]1C(=O)N([C@@H](CO)Cc3ccccc3)C3C(=O)N(c4ccc(Cl)cc4)CC=C[C@@]31S2. The molecule has 214 valence electrons. The fourth-order valence-electron chi connectivity index (χ4n) is 6.96. The van der Waals surface area contributed by atoms with Gasteiger partial charge in [0.05, 0.1) is 35.8 Å². The summed E-state index contributed by atoms with van der Waals surface area (Å²) in [6.07, 6.45) is 9.85. The third-order valence-corrected chi connectivity index (χ3v) is 10.8. The molecule has 9 heteroatoms. The van der Waals surface area contributed by atoms with Gasteiger partial charge in [0.2, 0.25) is 5.91 Å². The number of halogens is 1. The smallest absolute Gasteiger partial charge is 0.311 e.